The van der Waals surface area contributed by atoms with E-state index < -0.39 is 0 Å². The van der Waals surface area contributed by atoms with Crippen LogP contribution in [0.3, 0.4) is 0 Å². The molecule has 0 aromatic carbocycles. The molecular weight excluding hydrogens is 192 g/mol. The van der Waals surface area contributed by atoms with Gasteiger partial charge in [0.15, 0.2) is 0 Å². The van der Waals surface area contributed by atoms with E-state index in [2.05, 4.69) is 5.32 Å². The number of hydrogen-bond acceptors (Lipinski definition) is 3. The van der Waals surface area contributed by atoms with Gasteiger partial charge in [-0.25, -0.2) is 4.79 Å². The quantitative estimate of drug-likeness (QED) is 0.713. The molecule has 1 heterocycles. The molecule has 0 atom stereocenters. The van der Waals surface area contributed by atoms with Gasteiger partial charge >= 0.3 is 6.09 Å². The molecule has 1 saturated carbocycles. The molecule has 1 saturated heterocycles. The van der Waals surface area contributed by atoms with Crippen LogP contribution in [-0.2, 0) is 4.74 Å². The van der Waals surface area contributed by atoms with Gasteiger partial charge in [0.1, 0.15) is 6.10 Å². The van der Waals surface area contributed by atoms with Crippen molar-refractivity contribution in [3.63, 3.8) is 0 Å². The van der Waals surface area contributed by atoms with Crippen LogP contribution >= 0.6 is 0 Å². The highest BCUT2D eigenvalue weighted by Gasteiger charge is 2.22. The molecule has 1 aliphatic carbocycles. The van der Waals surface area contributed by atoms with E-state index in [9.17, 15) is 4.79 Å². The Bertz CT molecular complexity index is 209. The van der Waals surface area contributed by atoms with E-state index in [1.54, 1.807) is 0 Å². The SMILES string of the molecule is O=C(OC1CCCCC1)N1CCNCC1. The molecule has 0 unspecified atom stereocenters. The average molecular weight is 212 g/mol. The number of rotatable bonds is 1. The summed E-state index contributed by atoms with van der Waals surface area (Å²) in [5.74, 6) is 0. The van der Waals surface area contributed by atoms with Gasteiger partial charge in [0.05, 0.1) is 0 Å². The average Bonchev–Trinajstić information content (AvgIpc) is 2.31. The molecule has 1 aliphatic heterocycles. The van der Waals surface area contributed by atoms with Crippen molar-refractivity contribution >= 4 is 6.09 Å². The predicted octanol–water partition coefficient (Wildman–Crippen LogP) is 1.36. The summed E-state index contributed by atoms with van der Waals surface area (Å²) in [5, 5.41) is 3.22. The molecule has 0 radical (unpaired) electrons. The molecule has 0 aromatic heterocycles. The maximum Gasteiger partial charge on any atom is 0.410 e. The fourth-order valence-corrected chi connectivity index (χ4v) is 2.25. The predicted molar refractivity (Wildman–Crippen MR) is 57.8 cm³/mol. The van der Waals surface area contributed by atoms with Gasteiger partial charge in [-0.15, -0.1) is 0 Å². The summed E-state index contributed by atoms with van der Waals surface area (Å²) in [5.41, 5.74) is 0. The van der Waals surface area contributed by atoms with E-state index in [1.165, 1.54) is 19.3 Å². The zero-order chi connectivity index (χ0) is 10.5. The minimum atomic E-state index is -0.108. The smallest absolute Gasteiger partial charge is 0.410 e. The number of ether oxygens (including phenoxy) is 1. The first-order valence-electron chi connectivity index (χ1n) is 6.02. The molecule has 4 nitrogen and oxygen atoms in total. The maximum atomic E-state index is 11.7. The van der Waals surface area contributed by atoms with Gasteiger partial charge < -0.3 is 15.0 Å². The third kappa shape index (κ3) is 3.09. The second kappa shape index (κ2) is 5.35. The van der Waals surface area contributed by atoms with E-state index in [0.717, 1.165) is 39.0 Å². The van der Waals surface area contributed by atoms with Gasteiger partial charge in [0.25, 0.3) is 0 Å². The Balaban J connectivity index is 1.74. The Morgan fingerprint density at radius 2 is 1.80 bits per heavy atom. The Hall–Kier alpha value is -0.770. The van der Waals surface area contributed by atoms with Gasteiger partial charge in [-0.3, -0.25) is 0 Å². The standard InChI is InChI=1S/C11H20N2O2/c14-11(13-8-6-12-7-9-13)15-10-4-2-1-3-5-10/h10,12H,1-9H2. The van der Waals surface area contributed by atoms with E-state index in [4.69, 9.17) is 4.74 Å². The molecule has 4 heteroatoms. The molecule has 1 N–H and O–H groups in total. The lowest BCUT2D eigenvalue weighted by Gasteiger charge is -2.29. The fraction of sp³-hybridized carbons (Fsp3) is 0.909. The van der Waals surface area contributed by atoms with Crippen molar-refractivity contribution in [3.05, 3.63) is 0 Å². The monoisotopic (exact) mass is 212 g/mol. The van der Waals surface area contributed by atoms with E-state index in [1.807, 2.05) is 4.90 Å². The third-order valence-electron chi connectivity index (χ3n) is 3.19. The Morgan fingerprint density at radius 1 is 1.13 bits per heavy atom. The second-order valence-electron chi connectivity index (χ2n) is 4.38. The number of nitrogens with zero attached hydrogens (tertiary/aromatic N) is 1. The minimum absolute atomic E-state index is 0.108. The summed E-state index contributed by atoms with van der Waals surface area (Å²) in [6.45, 7) is 3.34. The molecule has 2 aliphatic rings. The van der Waals surface area contributed by atoms with Gasteiger partial charge in [-0.2, -0.15) is 0 Å². The van der Waals surface area contributed by atoms with Crippen molar-refractivity contribution in [2.45, 2.75) is 38.2 Å². The summed E-state index contributed by atoms with van der Waals surface area (Å²) in [7, 11) is 0. The number of amides is 1. The molecule has 86 valence electrons. The maximum absolute atomic E-state index is 11.7. The van der Waals surface area contributed by atoms with Crippen LogP contribution in [0.5, 0.6) is 0 Å². The summed E-state index contributed by atoms with van der Waals surface area (Å²) in [4.78, 5) is 13.6. The topological polar surface area (TPSA) is 41.6 Å². The Morgan fingerprint density at radius 3 is 2.47 bits per heavy atom. The lowest BCUT2D eigenvalue weighted by Crippen LogP contribution is -2.47. The van der Waals surface area contributed by atoms with Crippen molar-refractivity contribution in [1.82, 2.24) is 10.2 Å². The number of hydrogen-bond donors (Lipinski definition) is 1. The molecular formula is C11H20N2O2. The van der Waals surface area contributed by atoms with Crippen LogP contribution in [0.1, 0.15) is 32.1 Å². The Labute approximate surface area is 91.0 Å². The number of nitrogens with one attached hydrogen (secondary N) is 1. The Kier molecular flexibility index (Phi) is 3.83. The molecule has 1 amide bonds. The normalized spacial score (nSPS) is 23.9. The summed E-state index contributed by atoms with van der Waals surface area (Å²) in [6.07, 6.45) is 5.89. The minimum Gasteiger partial charge on any atom is -0.446 e. The number of piperazine rings is 1. The molecule has 2 fully saturated rings. The van der Waals surface area contributed by atoms with Crippen LogP contribution in [0.15, 0.2) is 0 Å². The highest BCUT2D eigenvalue weighted by Crippen LogP contribution is 2.20. The zero-order valence-corrected chi connectivity index (χ0v) is 9.21. The second-order valence-corrected chi connectivity index (χ2v) is 4.38. The van der Waals surface area contributed by atoms with Crippen molar-refractivity contribution in [2.75, 3.05) is 26.2 Å². The van der Waals surface area contributed by atoms with Gasteiger partial charge in [0.2, 0.25) is 0 Å². The summed E-state index contributed by atoms with van der Waals surface area (Å²) < 4.78 is 5.49. The molecule has 0 bridgehead atoms. The summed E-state index contributed by atoms with van der Waals surface area (Å²) in [6, 6.07) is 0. The van der Waals surface area contributed by atoms with Crippen molar-refractivity contribution < 1.29 is 9.53 Å². The van der Waals surface area contributed by atoms with Crippen LogP contribution in [0.2, 0.25) is 0 Å². The van der Waals surface area contributed by atoms with E-state index in [0.29, 0.717) is 0 Å². The third-order valence-corrected chi connectivity index (χ3v) is 3.19. The highest BCUT2D eigenvalue weighted by molar-refractivity contribution is 5.68. The first kappa shape index (κ1) is 10.7. The molecule has 0 spiro atoms. The van der Waals surface area contributed by atoms with Crippen molar-refractivity contribution in [2.24, 2.45) is 0 Å². The van der Waals surface area contributed by atoms with Crippen LogP contribution in [-0.4, -0.2) is 43.3 Å². The van der Waals surface area contributed by atoms with Gasteiger partial charge in [-0.1, -0.05) is 6.42 Å². The zero-order valence-electron chi connectivity index (χ0n) is 9.21. The van der Waals surface area contributed by atoms with Crippen LogP contribution in [0.25, 0.3) is 0 Å². The van der Waals surface area contributed by atoms with Gasteiger partial charge in [0, 0.05) is 26.2 Å². The highest BCUT2D eigenvalue weighted by atomic mass is 16.6. The lowest BCUT2D eigenvalue weighted by molar-refractivity contribution is 0.0433. The largest absolute Gasteiger partial charge is 0.446 e. The number of carbonyl (C=O) groups is 1. The summed E-state index contributed by atoms with van der Waals surface area (Å²) >= 11 is 0. The van der Waals surface area contributed by atoms with Crippen molar-refractivity contribution in [3.8, 4) is 0 Å². The number of carbonyl (C=O) groups excluding carboxylic acids is 1. The first-order valence-corrected chi connectivity index (χ1v) is 6.02. The van der Waals surface area contributed by atoms with Crippen LogP contribution in [0.4, 0.5) is 4.79 Å². The van der Waals surface area contributed by atoms with Crippen LogP contribution in [0, 0.1) is 0 Å². The van der Waals surface area contributed by atoms with E-state index in [-0.39, 0.29) is 12.2 Å². The molecule has 15 heavy (non-hydrogen) atoms. The van der Waals surface area contributed by atoms with Gasteiger partial charge in [-0.05, 0) is 25.7 Å². The van der Waals surface area contributed by atoms with E-state index >= 15 is 0 Å². The van der Waals surface area contributed by atoms with Crippen LogP contribution < -0.4 is 5.32 Å². The first-order chi connectivity index (χ1) is 7.36. The lowest BCUT2D eigenvalue weighted by atomic mass is 9.98. The molecule has 2 rings (SSSR count). The molecule has 0 aromatic rings. The van der Waals surface area contributed by atoms with Crippen molar-refractivity contribution in [1.29, 1.82) is 0 Å². The fourth-order valence-electron chi connectivity index (χ4n) is 2.25.